The predicted octanol–water partition coefficient (Wildman–Crippen LogP) is 0.687. The van der Waals surface area contributed by atoms with Crippen molar-refractivity contribution in [1.29, 1.82) is 0 Å². The Morgan fingerprint density at radius 1 is 1.00 bits per heavy atom. The number of unbranched alkanes of at least 4 members (excludes halogenated alkanes) is 1. The van der Waals surface area contributed by atoms with Crippen molar-refractivity contribution in [3.05, 3.63) is 64.7 Å². The average Bonchev–Trinajstić information content (AvgIpc) is 2.70. The number of carboxylic acid groups (broad SMARTS) is 1. The molecular weight excluding hydrogens is 389 g/mol. The summed E-state index contributed by atoms with van der Waals surface area (Å²) in [7, 11) is -1.89. The molecule has 6 N–H and O–H groups in total. The summed E-state index contributed by atoms with van der Waals surface area (Å²) in [6, 6.07) is 11.6. The third-order valence-corrected chi connectivity index (χ3v) is 4.76. The molecular formula is C21H26BNO7. The number of nitrogens with one attached hydrogen (secondary N) is 1. The molecule has 0 aromatic heterocycles. The van der Waals surface area contributed by atoms with Gasteiger partial charge >= 0.3 is 13.1 Å². The molecule has 0 aliphatic carbocycles. The van der Waals surface area contributed by atoms with Crippen molar-refractivity contribution in [3.8, 4) is 5.75 Å². The van der Waals surface area contributed by atoms with Crippen LogP contribution < -0.4 is 5.32 Å². The lowest BCUT2D eigenvalue weighted by Crippen LogP contribution is -2.48. The number of carbonyl (C=O) groups is 2. The van der Waals surface area contributed by atoms with Crippen LogP contribution in [0.1, 0.15) is 39.9 Å². The van der Waals surface area contributed by atoms with E-state index in [0.29, 0.717) is 0 Å². The number of aryl methyl sites for hydroxylation is 1. The van der Waals surface area contributed by atoms with Gasteiger partial charge in [-0.3, -0.25) is 4.79 Å². The number of aromatic carboxylic acids is 1. The molecule has 2 rings (SSSR count). The molecule has 0 saturated heterocycles. The van der Waals surface area contributed by atoms with Crippen LogP contribution in [0, 0.1) is 0 Å². The minimum Gasteiger partial charge on any atom is -0.507 e. The highest BCUT2D eigenvalue weighted by atomic mass is 16.4. The Morgan fingerprint density at radius 3 is 2.27 bits per heavy atom. The molecule has 2 aromatic carbocycles. The van der Waals surface area contributed by atoms with E-state index in [1.165, 1.54) is 18.2 Å². The van der Waals surface area contributed by atoms with Crippen molar-refractivity contribution >= 4 is 19.0 Å². The molecule has 2 aromatic rings. The van der Waals surface area contributed by atoms with Crippen molar-refractivity contribution in [2.75, 3.05) is 6.61 Å². The van der Waals surface area contributed by atoms with Crippen LogP contribution in [0.4, 0.5) is 0 Å². The van der Waals surface area contributed by atoms with Crippen LogP contribution in [0.5, 0.6) is 5.75 Å². The normalized spacial score (nSPS) is 11.7. The van der Waals surface area contributed by atoms with Crippen molar-refractivity contribution in [2.24, 2.45) is 0 Å². The van der Waals surface area contributed by atoms with Crippen LogP contribution in [-0.4, -0.2) is 56.9 Å². The van der Waals surface area contributed by atoms with E-state index in [1.54, 1.807) is 0 Å². The second-order valence-corrected chi connectivity index (χ2v) is 7.08. The van der Waals surface area contributed by atoms with Gasteiger partial charge in [0.05, 0.1) is 12.4 Å². The lowest BCUT2D eigenvalue weighted by atomic mass is 9.75. The van der Waals surface area contributed by atoms with Crippen LogP contribution in [0.15, 0.2) is 42.5 Å². The quantitative estimate of drug-likeness (QED) is 0.234. The molecule has 0 aliphatic rings. The fraction of sp³-hybridized carbons (Fsp3) is 0.333. The van der Waals surface area contributed by atoms with E-state index < -0.39 is 30.7 Å². The molecule has 0 fully saturated rings. The number of carboxylic acids is 1. The first kappa shape index (κ1) is 23.4. The largest absolute Gasteiger partial charge is 0.507 e. The first-order chi connectivity index (χ1) is 14.3. The van der Waals surface area contributed by atoms with E-state index in [-0.39, 0.29) is 30.6 Å². The zero-order valence-corrected chi connectivity index (χ0v) is 16.5. The summed E-state index contributed by atoms with van der Waals surface area (Å²) in [6.45, 7) is 0.161. The van der Waals surface area contributed by atoms with Crippen LogP contribution in [0.25, 0.3) is 0 Å². The average molecular weight is 415 g/mol. The zero-order chi connectivity index (χ0) is 22.1. The molecule has 0 saturated carbocycles. The Kier molecular flexibility index (Phi) is 8.85. The number of carbonyl (C=O) groups excluding carboxylic acids is 1. The highest BCUT2D eigenvalue weighted by Crippen LogP contribution is 2.24. The number of rotatable bonds is 11. The SMILES string of the molecule is O=C(Cc1ccc(CCCCO)cc1)N[C@@H](Cc1cccc(C(=O)O)c1O)B(O)O. The molecule has 0 heterocycles. The summed E-state index contributed by atoms with van der Waals surface area (Å²) in [5.41, 5.74) is 1.73. The van der Waals surface area contributed by atoms with Gasteiger partial charge in [-0.15, -0.1) is 0 Å². The van der Waals surface area contributed by atoms with E-state index >= 15 is 0 Å². The van der Waals surface area contributed by atoms with E-state index in [9.17, 15) is 24.7 Å². The number of benzene rings is 2. The van der Waals surface area contributed by atoms with Gasteiger partial charge in [0.1, 0.15) is 11.3 Å². The number of hydrogen-bond donors (Lipinski definition) is 6. The van der Waals surface area contributed by atoms with Gasteiger partial charge < -0.3 is 30.7 Å². The molecule has 0 aliphatic heterocycles. The van der Waals surface area contributed by atoms with Gasteiger partial charge in [-0.2, -0.15) is 0 Å². The van der Waals surface area contributed by atoms with Gasteiger partial charge in [0.25, 0.3) is 0 Å². The Bertz CT molecular complexity index is 855. The van der Waals surface area contributed by atoms with Gasteiger partial charge in [0.2, 0.25) is 5.91 Å². The summed E-state index contributed by atoms with van der Waals surface area (Å²) < 4.78 is 0. The second-order valence-electron chi connectivity index (χ2n) is 7.08. The van der Waals surface area contributed by atoms with Gasteiger partial charge in [0.15, 0.2) is 0 Å². The second kappa shape index (κ2) is 11.3. The zero-order valence-electron chi connectivity index (χ0n) is 16.5. The number of phenols is 1. The van der Waals surface area contributed by atoms with E-state index in [2.05, 4.69) is 5.32 Å². The number of aliphatic hydroxyl groups excluding tert-OH is 1. The highest BCUT2D eigenvalue weighted by Gasteiger charge is 2.27. The maximum Gasteiger partial charge on any atom is 0.475 e. The summed E-state index contributed by atoms with van der Waals surface area (Å²) in [4.78, 5) is 23.5. The lowest BCUT2D eigenvalue weighted by molar-refractivity contribution is -0.120. The van der Waals surface area contributed by atoms with Gasteiger partial charge in [-0.25, -0.2) is 4.79 Å². The number of aromatic hydroxyl groups is 1. The lowest BCUT2D eigenvalue weighted by Gasteiger charge is -2.19. The van der Waals surface area contributed by atoms with E-state index in [0.717, 1.165) is 30.4 Å². The molecule has 30 heavy (non-hydrogen) atoms. The van der Waals surface area contributed by atoms with Crippen LogP contribution in [-0.2, 0) is 24.1 Å². The Morgan fingerprint density at radius 2 is 1.67 bits per heavy atom. The van der Waals surface area contributed by atoms with Gasteiger partial charge in [-0.05, 0) is 48.4 Å². The highest BCUT2D eigenvalue weighted by molar-refractivity contribution is 6.43. The summed E-state index contributed by atoms with van der Waals surface area (Å²) in [6.07, 6.45) is 2.33. The van der Waals surface area contributed by atoms with Gasteiger partial charge in [0, 0.05) is 6.61 Å². The summed E-state index contributed by atoms with van der Waals surface area (Å²) in [5.74, 6) is -3.33. The van der Waals surface area contributed by atoms with Crippen LogP contribution >= 0.6 is 0 Å². The molecule has 0 bridgehead atoms. The van der Waals surface area contributed by atoms with Crippen molar-refractivity contribution in [3.63, 3.8) is 0 Å². The number of hydrogen-bond acceptors (Lipinski definition) is 6. The summed E-state index contributed by atoms with van der Waals surface area (Å²) >= 11 is 0. The minimum absolute atomic E-state index is 0.0291. The predicted molar refractivity (Wildman–Crippen MR) is 111 cm³/mol. The topological polar surface area (TPSA) is 147 Å². The standard InChI is InChI=1S/C21H26BNO7/c24-11-2-1-4-14-7-9-15(10-8-14)12-19(25)23-18(22(29)30)13-16-5-3-6-17(20(16)26)21(27)28/h3,5-10,18,24,26,29-30H,1-2,4,11-13H2,(H,23,25)(H,27,28)/t18-/m0/s1. The monoisotopic (exact) mass is 415 g/mol. The molecule has 8 nitrogen and oxygen atoms in total. The molecule has 0 unspecified atom stereocenters. The summed E-state index contributed by atoms with van der Waals surface area (Å²) in [5, 5.41) is 49.8. The maximum absolute atomic E-state index is 12.4. The van der Waals surface area contributed by atoms with Crippen LogP contribution in [0.2, 0.25) is 0 Å². The first-order valence-electron chi connectivity index (χ1n) is 9.70. The Hall–Kier alpha value is -2.88. The smallest absolute Gasteiger partial charge is 0.475 e. The number of para-hydroxylation sites is 1. The van der Waals surface area contributed by atoms with Gasteiger partial charge in [-0.1, -0.05) is 36.4 Å². The fourth-order valence-corrected chi connectivity index (χ4v) is 3.10. The molecule has 9 heteroatoms. The molecule has 0 spiro atoms. The third-order valence-electron chi connectivity index (χ3n) is 4.76. The van der Waals surface area contributed by atoms with Crippen LogP contribution in [0.3, 0.4) is 0 Å². The third kappa shape index (κ3) is 6.87. The number of aliphatic hydroxyl groups is 1. The molecule has 1 amide bonds. The maximum atomic E-state index is 12.4. The first-order valence-corrected chi connectivity index (χ1v) is 9.70. The Labute approximate surface area is 175 Å². The van der Waals surface area contributed by atoms with E-state index in [4.69, 9.17) is 10.2 Å². The van der Waals surface area contributed by atoms with Crippen molar-refractivity contribution < 1.29 is 35.0 Å². The molecule has 160 valence electrons. The van der Waals surface area contributed by atoms with E-state index in [1.807, 2.05) is 24.3 Å². The van der Waals surface area contributed by atoms with Crippen molar-refractivity contribution in [1.82, 2.24) is 5.32 Å². The fourth-order valence-electron chi connectivity index (χ4n) is 3.10. The minimum atomic E-state index is -1.89. The number of amides is 1. The Balaban J connectivity index is 1.99. The molecule has 1 atom stereocenters. The molecule has 0 radical (unpaired) electrons. The van der Waals surface area contributed by atoms with Crippen molar-refractivity contribution in [2.45, 2.75) is 38.0 Å².